The maximum absolute atomic E-state index is 9.19. The molecule has 9 nitrogen and oxygen atoms in total. The van der Waals surface area contributed by atoms with Crippen LogP contribution in [-0.2, 0) is 41.7 Å². The summed E-state index contributed by atoms with van der Waals surface area (Å²) in [6.07, 6.45) is 36.2. The first-order valence-electron chi connectivity index (χ1n) is 39.2. The van der Waals surface area contributed by atoms with Crippen molar-refractivity contribution in [2.75, 3.05) is 6.26 Å². The number of H-pyrrole nitrogens is 1. The van der Waals surface area contributed by atoms with Crippen molar-refractivity contribution in [2.45, 2.75) is 242 Å². The Bertz CT molecular complexity index is 3940. The predicted octanol–water partition coefficient (Wildman–Crippen LogP) is 22.2. The second-order valence-electron chi connectivity index (χ2n) is 36.2. The highest BCUT2D eigenvalue weighted by Crippen LogP contribution is 2.60. The lowest BCUT2D eigenvalue weighted by atomic mass is 9.53. The number of aryl methyl sites for hydroxylation is 2. The zero-order valence-corrected chi connectivity index (χ0v) is 65.1. The quantitative estimate of drug-likeness (QED) is 0.0528. The van der Waals surface area contributed by atoms with E-state index in [2.05, 4.69) is 175 Å². The summed E-state index contributed by atoms with van der Waals surface area (Å²) in [5, 5.41) is 18.3. The van der Waals surface area contributed by atoms with E-state index in [9.17, 15) is 8.42 Å². The molecule has 8 aromatic rings. The van der Waals surface area contributed by atoms with E-state index in [1.807, 2.05) is 58.3 Å². The van der Waals surface area contributed by atoms with Crippen molar-refractivity contribution in [1.82, 2.24) is 26.3 Å². The van der Waals surface area contributed by atoms with Crippen LogP contribution in [0.2, 0.25) is 0 Å². The lowest BCUT2D eigenvalue weighted by Crippen LogP contribution is -2.58. The Kier molecular flexibility index (Phi) is 20.4. The summed E-state index contributed by atoms with van der Waals surface area (Å²) < 4.78 is 31.6. The fourth-order valence-corrected chi connectivity index (χ4v) is 27.7. The molecule has 0 amide bonds. The van der Waals surface area contributed by atoms with Crippen LogP contribution in [0.5, 0.6) is 0 Å². The van der Waals surface area contributed by atoms with E-state index in [-0.39, 0.29) is 5.41 Å². The maximum Gasteiger partial charge on any atom is 0.261 e. The van der Waals surface area contributed by atoms with E-state index in [1.165, 1.54) is 222 Å². The van der Waals surface area contributed by atoms with Crippen molar-refractivity contribution in [1.29, 1.82) is 0 Å². The van der Waals surface area contributed by atoms with Crippen LogP contribution in [0.25, 0.3) is 42.1 Å². The minimum absolute atomic E-state index is 0.223. The van der Waals surface area contributed by atoms with Gasteiger partial charge in [-0.3, -0.25) is 4.55 Å². The van der Waals surface area contributed by atoms with Gasteiger partial charge >= 0.3 is 0 Å². The summed E-state index contributed by atoms with van der Waals surface area (Å²) >= 11 is 7.68. The molecule has 6 aromatic heterocycles. The highest BCUT2D eigenvalue weighted by atomic mass is 32.2. The second kappa shape index (κ2) is 29.0. The van der Waals surface area contributed by atoms with Crippen LogP contribution in [-0.4, -0.2) is 46.4 Å². The highest BCUT2D eigenvalue weighted by molar-refractivity contribution is 7.85. The van der Waals surface area contributed by atoms with E-state index in [1.54, 1.807) is 0 Å². The van der Waals surface area contributed by atoms with E-state index >= 15 is 0 Å². The van der Waals surface area contributed by atoms with Crippen LogP contribution in [0.15, 0.2) is 131 Å². The van der Waals surface area contributed by atoms with Crippen LogP contribution in [0, 0.1) is 84.9 Å². The lowest BCUT2D eigenvalue weighted by molar-refractivity contribution is -0.0208. The lowest BCUT2D eigenvalue weighted by Gasteiger charge is -2.57. The normalized spacial score (nSPS) is 33.1. The molecule has 0 aliphatic heterocycles. The predicted molar refractivity (Wildman–Crippen MR) is 422 cm³/mol. The van der Waals surface area contributed by atoms with Gasteiger partial charge in [-0.2, -0.15) is 8.42 Å². The third-order valence-electron chi connectivity index (χ3n) is 26.5. The molecule has 14 heteroatoms. The summed E-state index contributed by atoms with van der Waals surface area (Å²) in [5.41, 5.74) is 10.0. The van der Waals surface area contributed by atoms with Gasteiger partial charge in [-0.05, 0) is 339 Å². The SMILES string of the molecule is CC(C)(C)c1ccc(-c2ccc(CNC34CC5CC(CC(C5)C3)C4)s2)cc1.CS(=O)(=O)O.Cc1ccc(-c2ccc(CNC34CC5CC(CC(C5)C3)C4)s2)o1.Cc1csc(-c2ccc(CNC34CC5CC(CC(C5)C3)C4)s2)c1.c1ccc(-c2ccc(CNC34CC5CC(CC(C5)C3)C4)[nH]2)cc1. The molecule has 16 fully saturated rings. The largest absolute Gasteiger partial charge is 0.461 e. The van der Waals surface area contributed by atoms with Crippen molar-refractivity contribution in [3.63, 3.8) is 0 Å². The number of aromatic amines is 1. The number of hydrogen-bond acceptors (Lipinski definition) is 11. The third-order valence-corrected chi connectivity index (χ3v) is 31.1. The van der Waals surface area contributed by atoms with E-state index in [4.69, 9.17) is 8.97 Å². The van der Waals surface area contributed by atoms with Crippen molar-refractivity contribution in [2.24, 2.45) is 71.0 Å². The van der Waals surface area contributed by atoms with Gasteiger partial charge in [0.1, 0.15) is 11.5 Å². The van der Waals surface area contributed by atoms with Crippen molar-refractivity contribution in [3.05, 3.63) is 164 Å². The van der Waals surface area contributed by atoms with Crippen LogP contribution >= 0.6 is 45.3 Å². The fraction of sp³-hybridized carbons (Fsp3) is 0.586. The van der Waals surface area contributed by atoms with Crippen LogP contribution in [0.3, 0.4) is 0 Å². The molecular weight excluding hydrogens is 1340 g/mol. The summed E-state index contributed by atoms with van der Waals surface area (Å²) in [6.45, 7) is 15.2. The fourth-order valence-electron chi connectivity index (χ4n) is 23.8. The molecule has 16 saturated carbocycles. The minimum atomic E-state index is -3.67. The Hall–Kier alpha value is -4.45. The van der Waals surface area contributed by atoms with Crippen LogP contribution < -0.4 is 21.3 Å². The summed E-state index contributed by atoms with van der Waals surface area (Å²) in [5.74, 6) is 14.2. The number of hydrogen-bond donors (Lipinski definition) is 6. The van der Waals surface area contributed by atoms with Gasteiger partial charge in [0, 0.05) is 89.0 Å². The molecule has 6 heterocycles. The van der Waals surface area contributed by atoms with Gasteiger partial charge in [-0.1, -0.05) is 75.4 Å². The van der Waals surface area contributed by atoms with Gasteiger partial charge in [-0.25, -0.2) is 0 Å². The Morgan fingerprint density at radius 1 is 0.446 bits per heavy atom. The van der Waals surface area contributed by atoms with Gasteiger partial charge in [0.05, 0.1) is 11.1 Å². The van der Waals surface area contributed by atoms with E-state index < -0.39 is 10.1 Å². The number of thiophene rings is 4. The smallest absolute Gasteiger partial charge is 0.261 e. The molecule has 16 aliphatic carbocycles. The first-order valence-corrected chi connectivity index (χ1v) is 44.3. The zero-order valence-electron chi connectivity index (χ0n) is 61.1. The van der Waals surface area contributed by atoms with Gasteiger partial charge in [0.25, 0.3) is 10.1 Å². The molecule has 101 heavy (non-hydrogen) atoms. The molecule has 0 atom stereocenters. The van der Waals surface area contributed by atoms with E-state index in [0.717, 1.165) is 109 Å². The van der Waals surface area contributed by atoms with Crippen molar-refractivity contribution in [3.8, 4) is 42.1 Å². The van der Waals surface area contributed by atoms with Crippen LogP contribution in [0.4, 0.5) is 0 Å². The molecule has 0 unspecified atom stereocenters. The molecule has 540 valence electrons. The molecule has 0 saturated heterocycles. The Morgan fingerprint density at radius 2 is 0.822 bits per heavy atom. The molecule has 0 radical (unpaired) electrons. The number of furan rings is 1. The first-order chi connectivity index (χ1) is 48.5. The van der Waals surface area contributed by atoms with Gasteiger partial charge in [-0.15, -0.1) is 45.3 Å². The van der Waals surface area contributed by atoms with Gasteiger partial charge < -0.3 is 30.7 Å². The topological polar surface area (TPSA) is 131 Å². The van der Waals surface area contributed by atoms with Crippen LogP contribution in [0.1, 0.15) is 212 Å². The summed E-state index contributed by atoms with van der Waals surface area (Å²) in [6, 6.07) is 44.5. The monoisotopic (exact) mass is 1450 g/mol. The van der Waals surface area contributed by atoms with Gasteiger partial charge in [0.15, 0.2) is 0 Å². The molecule has 16 bridgehead atoms. The standard InChI is InChI=1S/C25H33NS.C21H26N2.C20H25NOS.C20H25NS2.CH4O3S/c1-24(2,3)21-6-4-20(5-7-21)23-9-8-22(27-23)16-26-25-13-17-10-18(14-25)12-19(11-17)15-25;1-2-4-18(5-3-1)20-7-6-19(23-20)14-22-21-11-15-8-16(12-21)10-17(9-15)13-21;1-13-2-4-18(22-13)19-5-3-17(23-19)12-21-20-9-14-6-15(10-20)8-16(7-14)11-20;1-13-4-19(22-12-13)18-3-2-17(23-18)11-21-20-8-14-5-15(9-20)7-16(6-14)10-20;1-5(2,3)4/h4-9,17-19,26H,10-16H2,1-3H3;1-7,15-17,22-23H,8-14H2;2-5,14-16,21H,6-12H2,1H3;2-4,12,14-16,21H,5-11H2,1H3;1H3,(H,2,3,4). The summed E-state index contributed by atoms with van der Waals surface area (Å²) in [4.78, 5) is 13.5. The van der Waals surface area contributed by atoms with Crippen molar-refractivity contribution >= 4 is 55.5 Å². The zero-order chi connectivity index (χ0) is 69.3. The molecule has 24 rings (SSSR count). The maximum atomic E-state index is 9.19. The highest BCUT2D eigenvalue weighted by Gasteiger charge is 2.54. The first kappa shape index (κ1) is 70.8. The molecule has 0 spiro atoms. The summed E-state index contributed by atoms with van der Waals surface area (Å²) in [7, 11) is -3.67. The number of nitrogens with one attached hydrogen (secondary N) is 5. The minimum Gasteiger partial charge on any atom is -0.461 e. The average molecular weight is 1450 g/mol. The molecule has 6 N–H and O–H groups in total. The number of benzene rings is 2. The molecule has 16 aliphatic rings. The Balaban J connectivity index is 0.000000102. The van der Waals surface area contributed by atoms with Gasteiger partial charge in [0.2, 0.25) is 0 Å². The average Bonchev–Trinajstić information content (AvgIpc) is 1.32. The van der Waals surface area contributed by atoms with E-state index in [0.29, 0.717) is 28.4 Å². The Morgan fingerprint density at radius 3 is 1.20 bits per heavy atom. The third kappa shape index (κ3) is 17.0. The number of aromatic nitrogens is 1. The molecule has 2 aromatic carbocycles. The second-order valence-corrected chi connectivity index (χ2v) is 42.1. The Labute approximate surface area is 620 Å². The van der Waals surface area contributed by atoms with Crippen molar-refractivity contribution < 1.29 is 17.4 Å². The molecular formula is C87H113N5O4S5. The number of rotatable bonds is 16.